The highest BCUT2D eigenvalue weighted by Gasteiger charge is 2.31. The van der Waals surface area contributed by atoms with Gasteiger partial charge in [-0.05, 0) is 37.8 Å². The predicted molar refractivity (Wildman–Crippen MR) is 99.1 cm³/mol. The first-order valence-electron chi connectivity index (χ1n) is 8.29. The Labute approximate surface area is 154 Å². The summed E-state index contributed by atoms with van der Waals surface area (Å²) in [6.45, 7) is 2.07. The van der Waals surface area contributed by atoms with E-state index in [4.69, 9.17) is 0 Å². The van der Waals surface area contributed by atoms with E-state index in [1.807, 2.05) is 23.1 Å². The van der Waals surface area contributed by atoms with Gasteiger partial charge in [-0.1, -0.05) is 41.3 Å². The molecule has 8 heteroatoms. The molecule has 1 aromatic heterocycles. The van der Waals surface area contributed by atoms with Gasteiger partial charge in [0.1, 0.15) is 0 Å². The van der Waals surface area contributed by atoms with Crippen LogP contribution in [-0.2, 0) is 16.0 Å². The van der Waals surface area contributed by atoms with Crippen LogP contribution in [0.4, 0.5) is 10.8 Å². The van der Waals surface area contributed by atoms with E-state index in [1.54, 1.807) is 0 Å². The van der Waals surface area contributed by atoms with Crippen molar-refractivity contribution in [2.75, 3.05) is 16.0 Å². The summed E-state index contributed by atoms with van der Waals surface area (Å²) in [6.07, 6.45) is 2.80. The Bertz CT molecular complexity index is 818. The van der Waals surface area contributed by atoms with E-state index in [2.05, 4.69) is 28.5 Å². The number of amides is 2. The molecule has 1 fully saturated rings. The number of aromatic nitrogens is 2. The third kappa shape index (κ3) is 3.55. The van der Waals surface area contributed by atoms with Crippen LogP contribution in [0, 0.1) is 5.92 Å². The summed E-state index contributed by atoms with van der Waals surface area (Å²) in [5.41, 5.74) is 2.23. The molecule has 2 aliphatic rings. The largest absolute Gasteiger partial charge is 0.308 e. The normalized spacial score (nSPS) is 18.9. The SMILES string of the molecule is C[C@H]1Cc2ccccc2N1C(=O)CSc1nnc(NC(=O)C2CC2)s1. The molecule has 0 radical (unpaired) electrons. The third-order valence-electron chi connectivity index (χ3n) is 4.38. The summed E-state index contributed by atoms with van der Waals surface area (Å²) >= 11 is 2.68. The maximum absolute atomic E-state index is 12.7. The number of anilines is 2. The lowest BCUT2D eigenvalue weighted by molar-refractivity contribution is -0.117. The number of carbonyl (C=O) groups is 2. The van der Waals surface area contributed by atoms with Crippen LogP contribution in [0.15, 0.2) is 28.6 Å². The van der Waals surface area contributed by atoms with Crippen molar-refractivity contribution in [2.45, 2.75) is 36.6 Å². The van der Waals surface area contributed by atoms with Gasteiger partial charge in [-0.15, -0.1) is 10.2 Å². The van der Waals surface area contributed by atoms with Crippen LogP contribution in [0.3, 0.4) is 0 Å². The maximum Gasteiger partial charge on any atom is 0.237 e. The first-order valence-corrected chi connectivity index (χ1v) is 10.1. The molecule has 0 spiro atoms. The van der Waals surface area contributed by atoms with Crippen LogP contribution in [0.2, 0.25) is 0 Å². The molecule has 25 heavy (non-hydrogen) atoms. The van der Waals surface area contributed by atoms with Crippen molar-refractivity contribution in [2.24, 2.45) is 5.92 Å². The van der Waals surface area contributed by atoms with E-state index in [9.17, 15) is 9.59 Å². The Morgan fingerprint density at radius 3 is 2.92 bits per heavy atom. The lowest BCUT2D eigenvalue weighted by Gasteiger charge is -2.22. The van der Waals surface area contributed by atoms with Gasteiger partial charge in [0.15, 0.2) is 4.34 Å². The lowest BCUT2D eigenvalue weighted by Crippen LogP contribution is -2.36. The fourth-order valence-electron chi connectivity index (χ4n) is 3.01. The van der Waals surface area contributed by atoms with E-state index >= 15 is 0 Å². The number of para-hydroxylation sites is 1. The molecule has 1 aliphatic carbocycles. The first kappa shape index (κ1) is 16.5. The van der Waals surface area contributed by atoms with E-state index in [0.29, 0.717) is 15.2 Å². The minimum absolute atomic E-state index is 0.0197. The van der Waals surface area contributed by atoms with Gasteiger partial charge in [-0.25, -0.2) is 0 Å². The average molecular weight is 374 g/mol. The number of nitrogens with one attached hydrogen (secondary N) is 1. The molecule has 1 N–H and O–H groups in total. The zero-order chi connectivity index (χ0) is 17.4. The van der Waals surface area contributed by atoms with Gasteiger partial charge in [-0.3, -0.25) is 9.59 Å². The summed E-state index contributed by atoms with van der Waals surface area (Å²) in [6, 6.07) is 8.22. The van der Waals surface area contributed by atoms with Crippen LogP contribution in [0.1, 0.15) is 25.3 Å². The summed E-state index contributed by atoms with van der Waals surface area (Å²) in [7, 11) is 0. The fraction of sp³-hybridized carbons (Fsp3) is 0.412. The number of thioether (sulfide) groups is 1. The van der Waals surface area contributed by atoms with Crippen molar-refractivity contribution >= 4 is 45.7 Å². The van der Waals surface area contributed by atoms with Crippen molar-refractivity contribution in [1.29, 1.82) is 0 Å². The third-order valence-corrected chi connectivity index (χ3v) is 6.34. The number of benzene rings is 1. The minimum Gasteiger partial charge on any atom is -0.308 e. The standard InChI is InChI=1S/C17H18N4O2S2/c1-10-8-12-4-2-3-5-13(12)21(10)14(22)9-24-17-20-19-16(25-17)18-15(23)11-6-7-11/h2-5,10-11H,6-9H2,1H3,(H,18,19,23)/t10-/m0/s1. The number of rotatable bonds is 5. The lowest BCUT2D eigenvalue weighted by atomic mass is 10.1. The van der Waals surface area contributed by atoms with Gasteiger partial charge in [0.05, 0.1) is 5.75 Å². The van der Waals surface area contributed by atoms with Crippen LogP contribution in [0.25, 0.3) is 0 Å². The van der Waals surface area contributed by atoms with Crippen LogP contribution < -0.4 is 10.2 Å². The molecule has 0 unspecified atom stereocenters. The zero-order valence-corrected chi connectivity index (χ0v) is 15.4. The second kappa shape index (κ2) is 6.76. The van der Waals surface area contributed by atoms with Gasteiger partial charge in [-0.2, -0.15) is 0 Å². The van der Waals surface area contributed by atoms with Crippen LogP contribution in [-0.4, -0.2) is 33.8 Å². The van der Waals surface area contributed by atoms with Crippen LogP contribution >= 0.6 is 23.1 Å². The summed E-state index contributed by atoms with van der Waals surface area (Å²) in [4.78, 5) is 26.3. The van der Waals surface area contributed by atoms with E-state index in [0.717, 1.165) is 24.9 Å². The highest BCUT2D eigenvalue weighted by atomic mass is 32.2. The Kier molecular flexibility index (Phi) is 4.47. The van der Waals surface area contributed by atoms with Gasteiger partial charge >= 0.3 is 0 Å². The van der Waals surface area contributed by atoms with Crippen molar-refractivity contribution in [3.8, 4) is 0 Å². The van der Waals surface area contributed by atoms with Crippen molar-refractivity contribution in [1.82, 2.24) is 10.2 Å². The van der Waals surface area contributed by atoms with Crippen molar-refractivity contribution in [3.63, 3.8) is 0 Å². The molecule has 2 amide bonds. The second-order valence-electron chi connectivity index (χ2n) is 6.37. The first-order chi connectivity index (χ1) is 12.1. The second-order valence-corrected chi connectivity index (χ2v) is 8.57. The van der Waals surface area contributed by atoms with Crippen molar-refractivity contribution in [3.05, 3.63) is 29.8 Å². The topological polar surface area (TPSA) is 75.2 Å². The van der Waals surface area contributed by atoms with Gasteiger partial charge in [0.25, 0.3) is 0 Å². The molecule has 1 saturated carbocycles. The molecule has 1 aliphatic heterocycles. The molecule has 0 saturated heterocycles. The molecule has 4 rings (SSSR count). The Morgan fingerprint density at radius 1 is 1.32 bits per heavy atom. The van der Waals surface area contributed by atoms with E-state index < -0.39 is 0 Å². The smallest absolute Gasteiger partial charge is 0.237 e. The fourth-order valence-corrected chi connectivity index (χ4v) is 4.62. The molecule has 6 nitrogen and oxygen atoms in total. The van der Waals surface area contributed by atoms with Crippen LogP contribution in [0.5, 0.6) is 0 Å². The van der Waals surface area contributed by atoms with Crippen molar-refractivity contribution < 1.29 is 9.59 Å². The number of nitrogens with zero attached hydrogens (tertiary/aromatic N) is 3. The predicted octanol–water partition coefficient (Wildman–Crippen LogP) is 2.96. The monoisotopic (exact) mass is 374 g/mol. The van der Waals surface area contributed by atoms with E-state index in [-0.39, 0.29) is 23.8 Å². The molecular formula is C17H18N4O2S2. The Hall–Kier alpha value is -1.93. The Balaban J connectivity index is 1.36. The number of hydrogen-bond donors (Lipinski definition) is 1. The zero-order valence-electron chi connectivity index (χ0n) is 13.8. The molecule has 1 aromatic carbocycles. The molecule has 1 atom stereocenters. The average Bonchev–Trinajstić information content (AvgIpc) is 3.27. The highest BCUT2D eigenvalue weighted by Crippen LogP contribution is 2.34. The van der Waals surface area contributed by atoms with Gasteiger partial charge in [0.2, 0.25) is 16.9 Å². The number of hydrogen-bond acceptors (Lipinski definition) is 6. The van der Waals surface area contributed by atoms with Gasteiger partial charge in [0, 0.05) is 17.6 Å². The minimum atomic E-state index is 0.0197. The molecule has 2 aromatic rings. The maximum atomic E-state index is 12.7. The Morgan fingerprint density at radius 2 is 2.12 bits per heavy atom. The number of carbonyl (C=O) groups excluding carboxylic acids is 2. The highest BCUT2D eigenvalue weighted by molar-refractivity contribution is 8.01. The molecule has 130 valence electrons. The van der Waals surface area contributed by atoms with Gasteiger partial charge < -0.3 is 10.2 Å². The van der Waals surface area contributed by atoms with E-state index in [1.165, 1.54) is 28.7 Å². The summed E-state index contributed by atoms with van der Waals surface area (Å²) in [5, 5.41) is 11.3. The molecular weight excluding hydrogens is 356 g/mol. The summed E-state index contributed by atoms with van der Waals surface area (Å²) in [5.74, 6) is 0.537. The molecule has 0 bridgehead atoms. The molecule has 2 heterocycles. The summed E-state index contributed by atoms with van der Waals surface area (Å²) < 4.78 is 0.694. The quantitative estimate of drug-likeness (QED) is 0.643. The number of fused-ring (bicyclic) bond motifs is 1.